The first-order valence-corrected chi connectivity index (χ1v) is 6.35. The number of nitrogens with zero attached hydrogens (tertiary/aromatic N) is 1. The predicted octanol–water partition coefficient (Wildman–Crippen LogP) is 2.26. The molecular formula is C12H26N2OS. The second-order valence-corrected chi connectivity index (χ2v) is 5.33. The normalized spacial score (nSPS) is 13.0. The zero-order valence-electron chi connectivity index (χ0n) is 11.4. The van der Waals surface area contributed by atoms with Crippen molar-refractivity contribution in [2.45, 2.75) is 46.7 Å². The minimum absolute atomic E-state index is 0.255. The van der Waals surface area contributed by atoms with Crippen LogP contribution in [0.25, 0.3) is 0 Å². The molecule has 4 heteroatoms. The Labute approximate surface area is 106 Å². The molecular weight excluding hydrogens is 220 g/mol. The molecule has 0 saturated heterocycles. The molecule has 0 rings (SSSR count). The lowest BCUT2D eigenvalue weighted by molar-refractivity contribution is 0.176. The van der Waals surface area contributed by atoms with Gasteiger partial charge in [-0.3, -0.25) is 0 Å². The molecule has 96 valence electrons. The zero-order valence-corrected chi connectivity index (χ0v) is 12.2. The summed E-state index contributed by atoms with van der Waals surface area (Å²) in [5.41, 5.74) is 0. The first kappa shape index (κ1) is 15.7. The number of hydrogen-bond donors (Lipinski definition) is 1. The van der Waals surface area contributed by atoms with Crippen molar-refractivity contribution in [2.24, 2.45) is 5.92 Å². The number of ether oxygens (including phenoxy) is 1. The van der Waals surface area contributed by atoms with E-state index in [1.54, 1.807) is 7.11 Å². The Hall–Kier alpha value is -0.350. The highest BCUT2D eigenvalue weighted by molar-refractivity contribution is 7.80. The summed E-state index contributed by atoms with van der Waals surface area (Å²) in [6.45, 7) is 12.5. The van der Waals surface area contributed by atoms with Crippen LogP contribution in [0.3, 0.4) is 0 Å². The highest BCUT2D eigenvalue weighted by Crippen LogP contribution is 2.05. The average Bonchev–Trinajstić information content (AvgIpc) is 2.13. The smallest absolute Gasteiger partial charge is 0.169 e. The van der Waals surface area contributed by atoms with Gasteiger partial charge in [-0.25, -0.2) is 0 Å². The third-order valence-corrected chi connectivity index (χ3v) is 2.58. The Kier molecular flexibility index (Phi) is 7.68. The monoisotopic (exact) mass is 246 g/mol. The van der Waals surface area contributed by atoms with E-state index in [1.807, 2.05) is 0 Å². The lowest BCUT2D eigenvalue weighted by atomic mass is 10.2. The molecule has 0 aromatic carbocycles. The summed E-state index contributed by atoms with van der Waals surface area (Å²) >= 11 is 5.42. The van der Waals surface area contributed by atoms with Crippen LogP contribution in [-0.2, 0) is 4.74 Å². The summed E-state index contributed by atoms with van der Waals surface area (Å²) in [4.78, 5) is 2.23. The highest BCUT2D eigenvalue weighted by Gasteiger charge is 2.16. The molecule has 0 fully saturated rings. The number of thiocarbonyl (C=S) groups is 1. The molecule has 0 aliphatic heterocycles. The van der Waals surface area contributed by atoms with E-state index in [0.717, 1.165) is 11.7 Å². The minimum atomic E-state index is 0.255. The molecule has 0 saturated carbocycles. The van der Waals surface area contributed by atoms with Crippen LogP contribution in [-0.4, -0.2) is 42.4 Å². The van der Waals surface area contributed by atoms with Crippen LogP contribution in [0.2, 0.25) is 0 Å². The number of rotatable bonds is 6. The van der Waals surface area contributed by atoms with Gasteiger partial charge in [-0.15, -0.1) is 0 Å². The van der Waals surface area contributed by atoms with E-state index < -0.39 is 0 Å². The van der Waals surface area contributed by atoms with Gasteiger partial charge in [0.15, 0.2) is 5.11 Å². The second kappa shape index (κ2) is 7.85. The first-order valence-electron chi connectivity index (χ1n) is 5.94. The summed E-state index contributed by atoms with van der Waals surface area (Å²) in [6.07, 6.45) is 0. The van der Waals surface area contributed by atoms with E-state index in [1.165, 1.54) is 0 Å². The van der Waals surface area contributed by atoms with Crippen molar-refractivity contribution >= 4 is 17.3 Å². The molecule has 0 spiro atoms. The SMILES string of the molecule is COCC(C)NC(=S)N(CC(C)C)C(C)C. The number of nitrogens with one attached hydrogen (secondary N) is 1. The molecule has 0 bridgehead atoms. The van der Waals surface area contributed by atoms with Crippen molar-refractivity contribution < 1.29 is 4.74 Å². The summed E-state index contributed by atoms with van der Waals surface area (Å²) in [5, 5.41) is 4.13. The topological polar surface area (TPSA) is 24.5 Å². The van der Waals surface area contributed by atoms with E-state index in [-0.39, 0.29) is 6.04 Å². The molecule has 0 aliphatic rings. The van der Waals surface area contributed by atoms with Gasteiger partial charge >= 0.3 is 0 Å². The molecule has 3 nitrogen and oxygen atoms in total. The van der Waals surface area contributed by atoms with Crippen LogP contribution in [0.5, 0.6) is 0 Å². The van der Waals surface area contributed by atoms with Crippen LogP contribution >= 0.6 is 12.2 Å². The Morgan fingerprint density at radius 2 is 1.81 bits per heavy atom. The van der Waals surface area contributed by atoms with Crippen molar-refractivity contribution in [3.63, 3.8) is 0 Å². The predicted molar refractivity (Wildman–Crippen MR) is 73.8 cm³/mol. The lowest BCUT2D eigenvalue weighted by Gasteiger charge is -2.32. The van der Waals surface area contributed by atoms with Crippen LogP contribution in [0.15, 0.2) is 0 Å². The number of methoxy groups -OCH3 is 1. The maximum absolute atomic E-state index is 5.42. The maximum Gasteiger partial charge on any atom is 0.169 e. The van der Waals surface area contributed by atoms with Gasteiger partial charge in [0.25, 0.3) is 0 Å². The fourth-order valence-corrected chi connectivity index (χ4v) is 1.99. The quantitative estimate of drug-likeness (QED) is 0.727. The largest absolute Gasteiger partial charge is 0.383 e. The minimum Gasteiger partial charge on any atom is -0.383 e. The molecule has 16 heavy (non-hydrogen) atoms. The van der Waals surface area contributed by atoms with Gasteiger partial charge < -0.3 is 15.0 Å². The second-order valence-electron chi connectivity index (χ2n) is 4.95. The van der Waals surface area contributed by atoms with E-state index in [2.05, 4.69) is 44.8 Å². The maximum atomic E-state index is 5.42. The molecule has 1 atom stereocenters. The summed E-state index contributed by atoms with van der Waals surface area (Å²) in [5.74, 6) is 0.611. The van der Waals surface area contributed by atoms with Gasteiger partial charge in [-0.2, -0.15) is 0 Å². The van der Waals surface area contributed by atoms with Crippen molar-refractivity contribution in [2.75, 3.05) is 20.3 Å². The lowest BCUT2D eigenvalue weighted by Crippen LogP contribution is -2.49. The molecule has 0 radical (unpaired) electrons. The van der Waals surface area contributed by atoms with Crippen molar-refractivity contribution in [3.8, 4) is 0 Å². The van der Waals surface area contributed by atoms with Gasteiger partial charge in [0.1, 0.15) is 0 Å². The first-order chi connectivity index (χ1) is 7.38. The summed E-state index contributed by atoms with van der Waals surface area (Å²) in [6, 6.07) is 0.683. The van der Waals surface area contributed by atoms with Crippen molar-refractivity contribution in [3.05, 3.63) is 0 Å². The van der Waals surface area contributed by atoms with E-state index >= 15 is 0 Å². The van der Waals surface area contributed by atoms with Gasteiger partial charge in [-0.1, -0.05) is 13.8 Å². The standard InChI is InChI=1S/C12H26N2OS/c1-9(2)7-14(10(3)4)12(16)13-11(5)8-15-6/h9-11H,7-8H2,1-6H3,(H,13,16). The summed E-state index contributed by atoms with van der Waals surface area (Å²) < 4.78 is 5.09. The fraction of sp³-hybridized carbons (Fsp3) is 0.917. The Balaban J connectivity index is 4.27. The van der Waals surface area contributed by atoms with Gasteiger partial charge in [0.05, 0.1) is 6.61 Å². The van der Waals surface area contributed by atoms with Crippen LogP contribution < -0.4 is 5.32 Å². The van der Waals surface area contributed by atoms with Gasteiger partial charge in [0.2, 0.25) is 0 Å². The number of hydrogen-bond acceptors (Lipinski definition) is 2. The van der Waals surface area contributed by atoms with Crippen LogP contribution in [0.1, 0.15) is 34.6 Å². The van der Waals surface area contributed by atoms with Gasteiger partial charge in [-0.05, 0) is 38.9 Å². The van der Waals surface area contributed by atoms with Gasteiger partial charge in [0, 0.05) is 25.7 Å². The highest BCUT2D eigenvalue weighted by atomic mass is 32.1. The van der Waals surface area contributed by atoms with E-state index in [0.29, 0.717) is 18.6 Å². The van der Waals surface area contributed by atoms with Crippen LogP contribution in [0.4, 0.5) is 0 Å². The van der Waals surface area contributed by atoms with E-state index in [4.69, 9.17) is 17.0 Å². The van der Waals surface area contributed by atoms with Crippen LogP contribution in [0, 0.1) is 5.92 Å². The Bertz CT molecular complexity index is 207. The molecule has 0 amide bonds. The molecule has 0 aliphatic carbocycles. The summed E-state index contributed by atoms with van der Waals surface area (Å²) in [7, 11) is 1.70. The van der Waals surface area contributed by atoms with E-state index in [9.17, 15) is 0 Å². The molecule has 1 unspecified atom stereocenters. The third kappa shape index (κ3) is 6.28. The Morgan fingerprint density at radius 1 is 1.25 bits per heavy atom. The van der Waals surface area contributed by atoms with Crippen molar-refractivity contribution in [1.82, 2.24) is 10.2 Å². The van der Waals surface area contributed by atoms with Crippen molar-refractivity contribution in [1.29, 1.82) is 0 Å². The fourth-order valence-electron chi connectivity index (χ4n) is 1.51. The zero-order chi connectivity index (χ0) is 12.7. The molecule has 0 aromatic rings. The molecule has 0 heterocycles. The Morgan fingerprint density at radius 3 is 2.19 bits per heavy atom. The molecule has 1 N–H and O–H groups in total. The molecule has 0 aromatic heterocycles. The third-order valence-electron chi connectivity index (χ3n) is 2.23. The average molecular weight is 246 g/mol.